The van der Waals surface area contributed by atoms with Crippen molar-refractivity contribution >= 4 is 0 Å². The first-order valence-electron chi connectivity index (χ1n) is 3.61. The van der Waals surface area contributed by atoms with Gasteiger partial charge in [-0.1, -0.05) is 26.7 Å². The summed E-state index contributed by atoms with van der Waals surface area (Å²) in [5.41, 5.74) is 0.392. The van der Waals surface area contributed by atoms with Crippen molar-refractivity contribution < 1.29 is 131 Å². The van der Waals surface area contributed by atoms with Crippen LogP contribution in [0.3, 0.4) is 0 Å². The number of rotatable bonds is 2. The van der Waals surface area contributed by atoms with Crippen LogP contribution in [0.4, 0.5) is 0 Å². The van der Waals surface area contributed by atoms with Crippen molar-refractivity contribution in [3.05, 3.63) is 13.8 Å². The summed E-state index contributed by atoms with van der Waals surface area (Å²) in [7, 11) is 0. The van der Waals surface area contributed by atoms with E-state index in [9.17, 15) is 0 Å². The second kappa shape index (κ2) is 16.4. The minimum Gasteiger partial charge on any atom is -0.343 e. The van der Waals surface area contributed by atoms with Gasteiger partial charge >= 0.3 is 0 Å². The molecule has 68 valence electrons. The molecule has 0 bridgehead atoms. The summed E-state index contributed by atoms with van der Waals surface area (Å²) < 4.78 is 0. The molecular weight excluding hydrogens is 464 g/mol. The van der Waals surface area contributed by atoms with Crippen molar-refractivity contribution in [2.24, 2.45) is 11.3 Å². The Kier molecular flexibility index (Phi) is 38.4. The minimum atomic E-state index is 0. The van der Waals surface area contributed by atoms with E-state index in [4.69, 9.17) is 0 Å². The largest absolute Gasteiger partial charge is 0.343 e. The maximum Gasteiger partial charge on any atom is 0 e. The molecule has 0 unspecified atom stereocenters. The van der Waals surface area contributed by atoms with Gasteiger partial charge in [-0.3, -0.25) is 0 Å². The minimum absolute atomic E-state index is 0. The summed E-state index contributed by atoms with van der Waals surface area (Å²) in [5.74, 6) is 0.678. The molecule has 4 heteroatoms. The van der Waals surface area contributed by atoms with Gasteiger partial charge in [0.1, 0.15) is 0 Å². The molecule has 0 spiro atoms. The molecular formula is C9H18Y4-2. The van der Waals surface area contributed by atoms with Crippen LogP contribution in [0.2, 0.25) is 0 Å². The first kappa shape index (κ1) is 30.4. The first-order valence-corrected chi connectivity index (χ1v) is 3.61. The van der Waals surface area contributed by atoms with Crippen molar-refractivity contribution in [3.63, 3.8) is 0 Å². The van der Waals surface area contributed by atoms with Gasteiger partial charge in [0.15, 0.2) is 0 Å². The zero-order chi connectivity index (χ0) is 7.49. The van der Waals surface area contributed by atoms with Crippen molar-refractivity contribution in [2.45, 2.75) is 33.6 Å². The van der Waals surface area contributed by atoms with E-state index in [0.29, 0.717) is 11.3 Å². The number of hydrogen-bond acceptors (Lipinski definition) is 0. The standard InChI is InChI=1S/C9H18.4Y/c1-6-8(7-2)9(3,4)5;;;;/h8H,1-2,6-7H2,3-5H3;;;;/q-2;;;;. The maximum absolute atomic E-state index is 3.88. The van der Waals surface area contributed by atoms with Crippen molar-refractivity contribution in [3.8, 4) is 0 Å². The van der Waals surface area contributed by atoms with E-state index in [1.54, 1.807) is 0 Å². The average molecular weight is 482 g/mol. The van der Waals surface area contributed by atoms with E-state index in [1.165, 1.54) is 0 Å². The predicted molar refractivity (Wildman–Crippen MR) is 42.9 cm³/mol. The molecule has 0 N–H and O–H groups in total. The smallest absolute Gasteiger partial charge is 0 e. The summed E-state index contributed by atoms with van der Waals surface area (Å²) >= 11 is 0. The van der Waals surface area contributed by atoms with E-state index in [-0.39, 0.29) is 131 Å². The van der Waals surface area contributed by atoms with Gasteiger partial charge in [0.05, 0.1) is 0 Å². The third kappa shape index (κ3) is 16.4. The first-order chi connectivity index (χ1) is 4.02. The third-order valence-corrected chi connectivity index (χ3v) is 1.92. The van der Waals surface area contributed by atoms with E-state index < -0.39 is 0 Å². The molecule has 0 aliphatic heterocycles. The molecule has 13 heavy (non-hydrogen) atoms. The molecule has 0 aromatic carbocycles. The normalized spacial score (nSPS) is 8.77. The van der Waals surface area contributed by atoms with Crippen molar-refractivity contribution in [2.75, 3.05) is 0 Å². The second-order valence-electron chi connectivity index (χ2n) is 3.64. The molecule has 0 aliphatic rings. The van der Waals surface area contributed by atoms with Crippen LogP contribution < -0.4 is 0 Å². The van der Waals surface area contributed by atoms with E-state index in [1.807, 2.05) is 0 Å². The predicted octanol–water partition coefficient (Wildman–Crippen LogP) is 3.09. The number of hydrogen-bond donors (Lipinski definition) is 0. The van der Waals surface area contributed by atoms with Crippen LogP contribution in [0.5, 0.6) is 0 Å². The summed E-state index contributed by atoms with van der Waals surface area (Å²) in [4.78, 5) is 0. The third-order valence-electron chi connectivity index (χ3n) is 1.92. The van der Waals surface area contributed by atoms with Crippen molar-refractivity contribution in [1.82, 2.24) is 0 Å². The zero-order valence-corrected chi connectivity index (χ0v) is 20.6. The van der Waals surface area contributed by atoms with E-state index in [2.05, 4.69) is 34.6 Å². The molecule has 0 atom stereocenters. The molecule has 0 aromatic rings. The molecule has 0 saturated heterocycles. The summed E-state index contributed by atoms with van der Waals surface area (Å²) in [6.07, 6.45) is 2.01. The summed E-state index contributed by atoms with van der Waals surface area (Å²) in [5, 5.41) is 0. The summed E-state index contributed by atoms with van der Waals surface area (Å²) in [6.45, 7) is 14.5. The monoisotopic (exact) mass is 482 g/mol. The van der Waals surface area contributed by atoms with E-state index in [0.717, 1.165) is 12.8 Å². The molecule has 0 rings (SSSR count). The molecule has 0 fully saturated rings. The van der Waals surface area contributed by atoms with Crippen LogP contribution in [0.25, 0.3) is 0 Å². The maximum atomic E-state index is 3.88. The molecule has 0 heterocycles. The SMILES string of the molecule is [CH2-]CC(C[CH2-])C(C)(C)C.[Y].[Y].[Y].[Y]. The van der Waals surface area contributed by atoms with Gasteiger partial charge < -0.3 is 13.8 Å². The Hall–Kier alpha value is 4.42. The van der Waals surface area contributed by atoms with Crippen molar-refractivity contribution in [1.29, 1.82) is 0 Å². The Morgan fingerprint density at radius 2 is 1.08 bits per heavy atom. The molecule has 0 aliphatic carbocycles. The van der Waals surface area contributed by atoms with Gasteiger partial charge in [-0.2, -0.15) is 12.8 Å². The molecule has 0 nitrogen and oxygen atoms in total. The molecule has 0 aromatic heterocycles. The Morgan fingerprint density at radius 3 is 1.08 bits per heavy atom. The van der Waals surface area contributed by atoms with Crippen LogP contribution in [-0.4, -0.2) is 0 Å². The fraction of sp³-hybridized carbons (Fsp3) is 0.778. The van der Waals surface area contributed by atoms with Gasteiger partial charge in [0, 0.05) is 131 Å². The van der Waals surface area contributed by atoms with Gasteiger partial charge in [-0.05, 0) is 5.41 Å². The Bertz CT molecular complexity index is 74.2. The Labute approximate surface area is 185 Å². The fourth-order valence-corrected chi connectivity index (χ4v) is 1.01. The molecule has 4 radical (unpaired) electrons. The fourth-order valence-electron chi connectivity index (χ4n) is 1.01. The van der Waals surface area contributed by atoms with Gasteiger partial charge in [-0.25, -0.2) is 0 Å². The molecule has 0 saturated carbocycles. The zero-order valence-electron chi connectivity index (χ0n) is 9.22. The van der Waals surface area contributed by atoms with E-state index >= 15 is 0 Å². The van der Waals surface area contributed by atoms with Crippen LogP contribution in [0.1, 0.15) is 33.6 Å². The summed E-state index contributed by atoms with van der Waals surface area (Å²) in [6, 6.07) is 0. The second-order valence-corrected chi connectivity index (χ2v) is 3.64. The van der Waals surface area contributed by atoms with Gasteiger partial charge in [0.25, 0.3) is 0 Å². The van der Waals surface area contributed by atoms with Crippen LogP contribution in [-0.2, 0) is 131 Å². The Balaban J connectivity index is -0.0000000533. The van der Waals surface area contributed by atoms with Crippen LogP contribution in [0.15, 0.2) is 0 Å². The molecule has 0 amide bonds. The average Bonchev–Trinajstić information content (AvgIpc) is 1.65. The van der Waals surface area contributed by atoms with Crippen LogP contribution >= 0.6 is 0 Å². The van der Waals surface area contributed by atoms with Crippen LogP contribution in [0, 0.1) is 25.2 Å². The topological polar surface area (TPSA) is 0 Å². The van der Waals surface area contributed by atoms with Gasteiger partial charge in [-0.15, -0.1) is 0 Å². The quantitative estimate of drug-likeness (QED) is 0.532. The van der Waals surface area contributed by atoms with Gasteiger partial charge in [0.2, 0.25) is 0 Å². The Morgan fingerprint density at radius 1 is 0.846 bits per heavy atom.